The van der Waals surface area contributed by atoms with Crippen LogP contribution < -0.4 is 9.47 Å². The molecule has 0 unspecified atom stereocenters. The lowest BCUT2D eigenvalue weighted by Crippen LogP contribution is -2.16. The molecule has 0 radical (unpaired) electrons. The van der Waals surface area contributed by atoms with Crippen molar-refractivity contribution >= 4 is 11.8 Å². The fraction of sp³-hybridized carbons (Fsp3) is 0.167. The Bertz CT molecular complexity index is 1070. The van der Waals surface area contributed by atoms with Crippen molar-refractivity contribution < 1.29 is 24.2 Å². The smallest absolute Gasteiger partial charge is 0.335 e. The van der Waals surface area contributed by atoms with Crippen LogP contribution in [0, 0.1) is 6.92 Å². The predicted octanol–water partition coefficient (Wildman–Crippen LogP) is 5.04. The van der Waals surface area contributed by atoms with Crippen LogP contribution in [0.5, 0.6) is 17.2 Å². The Morgan fingerprint density at radius 1 is 1.00 bits per heavy atom. The highest BCUT2D eigenvalue weighted by atomic mass is 16.5. The molecule has 1 heterocycles. The molecule has 4 rings (SSSR count). The van der Waals surface area contributed by atoms with Crippen molar-refractivity contribution in [2.75, 3.05) is 6.61 Å². The van der Waals surface area contributed by atoms with E-state index in [2.05, 4.69) is 0 Å². The number of hydrogen-bond acceptors (Lipinski definition) is 4. The molecule has 0 aliphatic carbocycles. The van der Waals surface area contributed by atoms with Crippen LogP contribution in [-0.2, 0) is 6.42 Å². The number of benzene rings is 3. The number of carbonyl (C=O) groups is 2. The van der Waals surface area contributed by atoms with Crippen molar-refractivity contribution in [3.8, 4) is 17.2 Å². The summed E-state index contributed by atoms with van der Waals surface area (Å²) in [5.74, 6) is 1.14. The highest BCUT2D eigenvalue weighted by molar-refractivity contribution is 6.00. The van der Waals surface area contributed by atoms with Gasteiger partial charge in [0.1, 0.15) is 17.2 Å². The van der Waals surface area contributed by atoms with E-state index in [4.69, 9.17) is 14.6 Å². The number of Topliss-reactive ketones (excluding diaryl/α,β-unsaturated/α-hetero) is 1. The van der Waals surface area contributed by atoms with Crippen LogP contribution in [0.3, 0.4) is 0 Å². The molecule has 5 heteroatoms. The van der Waals surface area contributed by atoms with Crippen LogP contribution in [-0.4, -0.2) is 23.5 Å². The van der Waals surface area contributed by atoms with Gasteiger partial charge < -0.3 is 14.6 Å². The molecule has 0 aromatic heterocycles. The van der Waals surface area contributed by atoms with Gasteiger partial charge in [-0.3, -0.25) is 4.79 Å². The van der Waals surface area contributed by atoms with Gasteiger partial charge in [-0.25, -0.2) is 4.79 Å². The molecule has 0 fully saturated rings. The summed E-state index contributed by atoms with van der Waals surface area (Å²) in [5.41, 5.74) is 3.85. The van der Waals surface area contributed by atoms with Gasteiger partial charge in [-0.05, 0) is 60.9 Å². The summed E-state index contributed by atoms with van der Waals surface area (Å²) in [6.45, 7) is 2.29. The topological polar surface area (TPSA) is 72.8 Å². The molecule has 0 atom stereocenters. The van der Waals surface area contributed by atoms with E-state index < -0.39 is 5.97 Å². The molecule has 1 aliphatic heterocycles. The van der Waals surface area contributed by atoms with Crippen LogP contribution in [0.2, 0.25) is 0 Å². The molecule has 29 heavy (non-hydrogen) atoms. The van der Waals surface area contributed by atoms with Gasteiger partial charge >= 0.3 is 5.97 Å². The molecule has 1 aliphatic rings. The molecule has 1 N–H and O–H groups in total. The maximum Gasteiger partial charge on any atom is 0.335 e. The van der Waals surface area contributed by atoms with Gasteiger partial charge in [-0.15, -0.1) is 0 Å². The average molecular weight is 388 g/mol. The summed E-state index contributed by atoms with van der Waals surface area (Å²) in [6.07, 6.45) is 1.11. The normalized spacial score (nSPS) is 12.8. The third-order valence-corrected chi connectivity index (χ3v) is 4.99. The lowest BCUT2D eigenvalue weighted by molar-refractivity contribution is 0.0696. The molecule has 0 saturated heterocycles. The number of carbonyl (C=O) groups excluding carboxylic acids is 1. The predicted molar refractivity (Wildman–Crippen MR) is 108 cm³/mol. The number of carboxylic acid groups (broad SMARTS) is 1. The number of aromatic carboxylic acids is 1. The number of ketones is 1. The van der Waals surface area contributed by atoms with E-state index in [9.17, 15) is 9.59 Å². The number of rotatable bonds is 5. The van der Waals surface area contributed by atoms with Gasteiger partial charge in [-0.1, -0.05) is 24.3 Å². The fourth-order valence-corrected chi connectivity index (χ4v) is 3.37. The number of carboxylic acids is 1. The molecule has 5 nitrogen and oxygen atoms in total. The first-order valence-corrected chi connectivity index (χ1v) is 9.40. The van der Waals surface area contributed by atoms with Crippen LogP contribution >= 0.6 is 0 Å². The molecule has 0 bridgehead atoms. The second-order valence-corrected chi connectivity index (χ2v) is 7.01. The summed E-state index contributed by atoms with van der Waals surface area (Å²) in [5, 5.41) is 8.98. The molecule has 0 spiro atoms. The van der Waals surface area contributed by atoms with E-state index in [-0.39, 0.29) is 11.3 Å². The van der Waals surface area contributed by atoms with E-state index >= 15 is 0 Å². The zero-order valence-corrected chi connectivity index (χ0v) is 16.0. The Kier molecular flexibility index (Phi) is 5.04. The highest BCUT2D eigenvalue weighted by Gasteiger charge is 2.22. The third-order valence-electron chi connectivity index (χ3n) is 4.99. The van der Waals surface area contributed by atoms with E-state index in [1.165, 1.54) is 0 Å². The quantitative estimate of drug-likeness (QED) is 0.663. The SMILES string of the molecule is Cc1c(Oc2ccc(Cc3ccc(C(=O)O)cc3)cc2)ccc2c1OCCC2=O. The first-order valence-electron chi connectivity index (χ1n) is 9.40. The molecular formula is C24H20O5. The van der Waals surface area contributed by atoms with Gasteiger partial charge in [0.05, 0.1) is 17.7 Å². The van der Waals surface area contributed by atoms with Crippen LogP contribution in [0.15, 0.2) is 60.7 Å². The minimum Gasteiger partial charge on any atom is -0.492 e. The Morgan fingerprint density at radius 3 is 2.31 bits per heavy atom. The second-order valence-electron chi connectivity index (χ2n) is 7.01. The van der Waals surface area contributed by atoms with Crippen molar-refractivity contribution in [1.82, 2.24) is 0 Å². The standard InChI is InChI=1S/C24H20O5/c1-15-22(11-10-20-21(25)12-13-28-23(15)20)29-19-8-4-17(5-9-19)14-16-2-6-18(7-3-16)24(26)27/h2-11H,12-14H2,1H3,(H,26,27). The van der Waals surface area contributed by atoms with Crippen molar-refractivity contribution in [3.05, 3.63) is 88.5 Å². The minimum atomic E-state index is -0.926. The first-order chi connectivity index (χ1) is 14.0. The van der Waals surface area contributed by atoms with Crippen molar-refractivity contribution in [2.45, 2.75) is 19.8 Å². The zero-order chi connectivity index (χ0) is 20.4. The Labute approximate surface area is 168 Å². The summed E-state index contributed by atoms with van der Waals surface area (Å²) in [7, 11) is 0. The third kappa shape index (κ3) is 3.99. The lowest BCUT2D eigenvalue weighted by Gasteiger charge is -2.20. The maximum absolute atomic E-state index is 12.0. The van der Waals surface area contributed by atoms with Gasteiger partial charge in [0, 0.05) is 12.0 Å². The number of ether oxygens (including phenoxy) is 2. The summed E-state index contributed by atoms with van der Waals surface area (Å²) < 4.78 is 11.7. The number of hydrogen-bond donors (Lipinski definition) is 1. The van der Waals surface area contributed by atoms with Crippen LogP contribution in [0.4, 0.5) is 0 Å². The molecule has 0 amide bonds. The van der Waals surface area contributed by atoms with E-state index in [0.29, 0.717) is 42.3 Å². The molecule has 3 aromatic carbocycles. The van der Waals surface area contributed by atoms with Crippen LogP contribution in [0.1, 0.15) is 43.8 Å². The Hall–Kier alpha value is -3.60. The fourth-order valence-electron chi connectivity index (χ4n) is 3.37. The van der Waals surface area contributed by atoms with Gasteiger partial charge in [0.2, 0.25) is 0 Å². The maximum atomic E-state index is 12.0. The van der Waals surface area contributed by atoms with E-state index in [0.717, 1.165) is 16.7 Å². The molecule has 146 valence electrons. The van der Waals surface area contributed by atoms with Crippen molar-refractivity contribution in [2.24, 2.45) is 0 Å². The highest BCUT2D eigenvalue weighted by Crippen LogP contribution is 2.36. The summed E-state index contributed by atoms with van der Waals surface area (Å²) in [6, 6.07) is 18.2. The van der Waals surface area contributed by atoms with E-state index in [1.54, 1.807) is 24.3 Å². The lowest BCUT2D eigenvalue weighted by atomic mass is 10.0. The number of fused-ring (bicyclic) bond motifs is 1. The van der Waals surface area contributed by atoms with Crippen molar-refractivity contribution in [3.63, 3.8) is 0 Å². The monoisotopic (exact) mass is 388 g/mol. The minimum absolute atomic E-state index is 0.0987. The van der Waals surface area contributed by atoms with Gasteiger partial charge in [-0.2, -0.15) is 0 Å². The Balaban J connectivity index is 1.47. The molecule has 0 saturated carbocycles. The van der Waals surface area contributed by atoms with E-state index in [1.807, 2.05) is 43.3 Å². The Morgan fingerprint density at radius 2 is 1.66 bits per heavy atom. The molecular weight excluding hydrogens is 368 g/mol. The van der Waals surface area contributed by atoms with Gasteiger partial charge in [0.25, 0.3) is 0 Å². The average Bonchev–Trinajstić information content (AvgIpc) is 2.72. The zero-order valence-electron chi connectivity index (χ0n) is 16.0. The first kappa shape index (κ1) is 18.7. The summed E-state index contributed by atoms with van der Waals surface area (Å²) in [4.78, 5) is 22.9. The second kappa shape index (κ2) is 7.80. The largest absolute Gasteiger partial charge is 0.492 e. The van der Waals surface area contributed by atoms with Crippen LogP contribution in [0.25, 0.3) is 0 Å². The summed E-state index contributed by atoms with van der Waals surface area (Å²) >= 11 is 0. The van der Waals surface area contributed by atoms with Gasteiger partial charge in [0.15, 0.2) is 5.78 Å². The van der Waals surface area contributed by atoms with Crippen molar-refractivity contribution in [1.29, 1.82) is 0 Å². The molecule has 3 aromatic rings.